The number of rotatable bonds is 5. The molecule has 114 valence electrons. The molecule has 0 aliphatic carbocycles. The maximum atomic E-state index is 12.0. The zero-order valence-electron chi connectivity index (χ0n) is 12.6. The van der Waals surface area contributed by atoms with Crippen molar-refractivity contribution < 1.29 is 14.3 Å². The van der Waals surface area contributed by atoms with Gasteiger partial charge in [0, 0.05) is 18.3 Å². The van der Waals surface area contributed by atoms with Gasteiger partial charge in [0.2, 0.25) is 11.8 Å². The van der Waals surface area contributed by atoms with Crippen molar-refractivity contribution >= 4 is 23.2 Å². The van der Waals surface area contributed by atoms with Gasteiger partial charge in [-0.3, -0.25) is 9.59 Å². The highest BCUT2D eigenvalue weighted by Crippen LogP contribution is 2.16. The summed E-state index contributed by atoms with van der Waals surface area (Å²) in [6, 6.07) is 14.3. The fourth-order valence-electron chi connectivity index (χ4n) is 1.97. The largest absolute Gasteiger partial charge is 0.497 e. The average molecular weight is 298 g/mol. The molecule has 0 spiro atoms. The minimum Gasteiger partial charge on any atom is -0.497 e. The van der Waals surface area contributed by atoms with Gasteiger partial charge in [0.25, 0.3) is 0 Å². The van der Waals surface area contributed by atoms with E-state index in [1.165, 1.54) is 6.92 Å². The van der Waals surface area contributed by atoms with Gasteiger partial charge < -0.3 is 15.4 Å². The normalized spacial score (nSPS) is 9.91. The Bertz CT molecular complexity index is 649. The number of hydrogen-bond acceptors (Lipinski definition) is 3. The molecule has 0 heterocycles. The van der Waals surface area contributed by atoms with Crippen LogP contribution in [-0.4, -0.2) is 18.9 Å². The van der Waals surface area contributed by atoms with Crippen LogP contribution in [0, 0.1) is 0 Å². The Balaban J connectivity index is 1.92. The van der Waals surface area contributed by atoms with Gasteiger partial charge in [0.1, 0.15) is 5.75 Å². The Labute approximate surface area is 129 Å². The van der Waals surface area contributed by atoms with E-state index in [0.717, 1.165) is 17.0 Å². The number of carbonyl (C=O) groups excluding carboxylic acids is 2. The first-order chi connectivity index (χ1) is 10.6. The molecule has 5 nitrogen and oxygen atoms in total. The van der Waals surface area contributed by atoms with E-state index in [4.69, 9.17) is 4.74 Å². The first-order valence-electron chi connectivity index (χ1n) is 6.87. The minimum absolute atomic E-state index is 0.0996. The molecule has 0 saturated carbocycles. The van der Waals surface area contributed by atoms with Crippen LogP contribution in [-0.2, 0) is 16.0 Å². The SMILES string of the molecule is COc1ccc(NC(=O)Cc2ccc(NC(C)=O)cc2)cc1. The number of nitrogens with one attached hydrogen (secondary N) is 2. The standard InChI is InChI=1S/C17H18N2O3/c1-12(20)18-14-5-3-13(4-6-14)11-17(21)19-15-7-9-16(22-2)10-8-15/h3-10H,11H2,1-2H3,(H,18,20)(H,19,21). The predicted octanol–water partition coefficient (Wildman–Crippen LogP) is 2.83. The Morgan fingerprint density at radius 1 is 0.909 bits per heavy atom. The fourth-order valence-corrected chi connectivity index (χ4v) is 1.97. The summed E-state index contributed by atoms with van der Waals surface area (Å²) in [5, 5.41) is 5.51. The Hall–Kier alpha value is -2.82. The number of carbonyl (C=O) groups is 2. The maximum absolute atomic E-state index is 12.0. The van der Waals surface area contributed by atoms with Crippen molar-refractivity contribution in [3.63, 3.8) is 0 Å². The Morgan fingerprint density at radius 2 is 1.45 bits per heavy atom. The summed E-state index contributed by atoms with van der Waals surface area (Å²) in [5.74, 6) is 0.522. The molecule has 0 saturated heterocycles. The van der Waals surface area contributed by atoms with Crippen molar-refractivity contribution in [1.29, 1.82) is 0 Å². The van der Waals surface area contributed by atoms with Crippen molar-refractivity contribution in [2.45, 2.75) is 13.3 Å². The third-order valence-corrected chi connectivity index (χ3v) is 3.01. The lowest BCUT2D eigenvalue weighted by molar-refractivity contribution is -0.116. The summed E-state index contributed by atoms with van der Waals surface area (Å²) in [6.45, 7) is 1.45. The van der Waals surface area contributed by atoms with Crippen molar-refractivity contribution in [2.75, 3.05) is 17.7 Å². The molecule has 0 atom stereocenters. The lowest BCUT2D eigenvalue weighted by Crippen LogP contribution is -2.14. The predicted molar refractivity (Wildman–Crippen MR) is 86.1 cm³/mol. The molecule has 2 amide bonds. The molecule has 2 aromatic carbocycles. The second-order valence-corrected chi connectivity index (χ2v) is 4.83. The molecule has 0 aliphatic rings. The van der Waals surface area contributed by atoms with Gasteiger partial charge in [-0.1, -0.05) is 12.1 Å². The highest BCUT2D eigenvalue weighted by Gasteiger charge is 2.05. The van der Waals surface area contributed by atoms with E-state index >= 15 is 0 Å². The van der Waals surface area contributed by atoms with Crippen molar-refractivity contribution in [2.24, 2.45) is 0 Å². The molecular weight excluding hydrogens is 280 g/mol. The second kappa shape index (κ2) is 7.26. The minimum atomic E-state index is -0.120. The lowest BCUT2D eigenvalue weighted by atomic mass is 10.1. The van der Waals surface area contributed by atoms with Gasteiger partial charge in [-0.25, -0.2) is 0 Å². The van der Waals surface area contributed by atoms with E-state index in [-0.39, 0.29) is 18.2 Å². The fraction of sp³-hybridized carbons (Fsp3) is 0.176. The number of ether oxygens (including phenoxy) is 1. The van der Waals surface area contributed by atoms with Gasteiger partial charge >= 0.3 is 0 Å². The van der Waals surface area contributed by atoms with Crippen LogP contribution in [0.25, 0.3) is 0 Å². The van der Waals surface area contributed by atoms with Crippen LogP contribution >= 0.6 is 0 Å². The summed E-state index contributed by atoms with van der Waals surface area (Å²) in [6.07, 6.45) is 0.270. The second-order valence-electron chi connectivity index (χ2n) is 4.83. The topological polar surface area (TPSA) is 67.4 Å². The van der Waals surface area contributed by atoms with Gasteiger partial charge in [-0.15, -0.1) is 0 Å². The van der Waals surface area contributed by atoms with E-state index in [1.807, 2.05) is 12.1 Å². The van der Waals surface area contributed by atoms with E-state index in [2.05, 4.69) is 10.6 Å². The Morgan fingerprint density at radius 3 is 2.00 bits per heavy atom. The average Bonchev–Trinajstić information content (AvgIpc) is 2.49. The van der Waals surface area contributed by atoms with E-state index < -0.39 is 0 Å². The highest BCUT2D eigenvalue weighted by atomic mass is 16.5. The van der Waals surface area contributed by atoms with Crippen LogP contribution in [0.5, 0.6) is 5.75 Å². The van der Waals surface area contributed by atoms with Gasteiger partial charge in [0.05, 0.1) is 13.5 Å². The molecule has 0 bridgehead atoms. The van der Waals surface area contributed by atoms with E-state index in [0.29, 0.717) is 5.69 Å². The molecule has 0 fully saturated rings. The highest BCUT2D eigenvalue weighted by molar-refractivity contribution is 5.92. The van der Waals surface area contributed by atoms with Crippen LogP contribution in [0.1, 0.15) is 12.5 Å². The zero-order chi connectivity index (χ0) is 15.9. The molecule has 0 unspecified atom stereocenters. The molecule has 0 radical (unpaired) electrons. The molecular formula is C17H18N2O3. The van der Waals surface area contributed by atoms with E-state index in [1.54, 1.807) is 43.5 Å². The number of benzene rings is 2. The maximum Gasteiger partial charge on any atom is 0.228 e. The first kappa shape index (κ1) is 15.6. The van der Waals surface area contributed by atoms with Crippen LogP contribution in [0.4, 0.5) is 11.4 Å². The summed E-state index contributed by atoms with van der Waals surface area (Å²) >= 11 is 0. The number of anilines is 2. The molecule has 5 heteroatoms. The van der Waals surface area contributed by atoms with Gasteiger partial charge in [-0.05, 0) is 42.0 Å². The quantitative estimate of drug-likeness (QED) is 0.892. The van der Waals surface area contributed by atoms with Gasteiger partial charge in [0.15, 0.2) is 0 Å². The summed E-state index contributed by atoms with van der Waals surface area (Å²) in [5.41, 5.74) is 2.31. The summed E-state index contributed by atoms with van der Waals surface area (Å²) < 4.78 is 5.07. The number of amides is 2. The van der Waals surface area contributed by atoms with Crippen LogP contribution in [0.2, 0.25) is 0 Å². The van der Waals surface area contributed by atoms with Crippen molar-refractivity contribution in [3.05, 3.63) is 54.1 Å². The molecule has 0 aromatic heterocycles. The first-order valence-corrected chi connectivity index (χ1v) is 6.87. The van der Waals surface area contributed by atoms with Gasteiger partial charge in [-0.2, -0.15) is 0 Å². The van der Waals surface area contributed by atoms with Crippen molar-refractivity contribution in [1.82, 2.24) is 0 Å². The Kier molecular flexibility index (Phi) is 5.14. The molecule has 2 N–H and O–H groups in total. The summed E-state index contributed by atoms with van der Waals surface area (Å²) in [4.78, 5) is 22.9. The number of methoxy groups -OCH3 is 1. The third kappa shape index (κ3) is 4.63. The summed E-state index contributed by atoms with van der Waals surface area (Å²) in [7, 11) is 1.60. The van der Waals surface area contributed by atoms with Crippen LogP contribution < -0.4 is 15.4 Å². The van der Waals surface area contributed by atoms with Crippen LogP contribution in [0.15, 0.2) is 48.5 Å². The van der Waals surface area contributed by atoms with Crippen molar-refractivity contribution in [3.8, 4) is 5.75 Å². The molecule has 22 heavy (non-hydrogen) atoms. The monoisotopic (exact) mass is 298 g/mol. The van der Waals surface area contributed by atoms with E-state index in [9.17, 15) is 9.59 Å². The molecule has 2 rings (SSSR count). The zero-order valence-corrected chi connectivity index (χ0v) is 12.6. The lowest BCUT2D eigenvalue weighted by Gasteiger charge is -2.07. The third-order valence-electron chi connectivity index (χ3n) is 3.01. The van der Waals surface area contributed by atoms with Crippen LogP contribution in [0.3, 0.4) is 0 Å². The molecule has 2 aromatic rings. The molecule has 0 aliphatic heterocycles. The smallest absolute Gasteiger partial charge is 0.228 e. The number of hydrogen-bond donors (Lipinski definition) is 2.